The quantitative estimate of drug-likeness (QED) is 0.820. The fraction of sp³-hybridized carbons (Fsp3) is 0.667. The summed E-state index contributed by atoms with van der Waals surface area (Å²) in [4.78, 5) is 2.62. The second-order valence-corrected chi connectivity index (χ2v) is 6.49. The van der Waals surface area contributed by atoms with Gasteiger partial charge in [-0.05, 0) is 56.8 Å². The number of likely N-dealkylation sites (tertiary alicyclic amines) is 1. The van der Waals surface area contributed by atoms with E-state index in [0.717, 1.165) is 12.0 Å². The number of benzene rings is 1. The van der Waals surface area contributed by atoms with Crippen LogP contribution in [0, 0.1) is 5.92 Å². The van der Waals surface area contributed by atoms with Crippen molar-refractivity contribution in [1.82, 2.24) is 10.2 Å². The molecule has 1 aliphatic rings. The lowest BCUT2D eigenvalue weighted by molar-refractivity contribution is 0.199. The molecule has 112 valence electrons. The van der Waals surface area contributed by atoms with Crippen LogP contribution in [-0.4, -0.2) is 37.1 Å². The van der Waals surface area contributed by atoms with Crippen molar-refractivity contribution in [1.29, 1.82) is 0 Å². The smallest absolute Gasteiger partial charge is 0.00914 e. The van der Waals surface area contributed by atoms with Gasteiger partial charge in [0, 0.05) is 12.6 Å². The Morgan fingerprint density at radius 1 is 1.15 bits per heavy atom. The standard InChI is InChI=1S/C18H30N2/c1-16(2)8-12-19-18-10-14-20(15-11-18)13-9-17-6-4-3-5-7-17/h3-7,16,18-19H,8-15H2,1-2H3. The Bertz CT molecular complexity index is 353. The Balaban J connectivity index is 1.59. The van der Waals surface area contributed by atoms with Crippen LogP contribution in [0.4, 0.5) is 0 Å². The summed E-state index contributed by atoms with van der Waals surface area (Å²) in [6.07, 6.45) is 5.11. The fourth-order valence-electron chi connectivity index (χ4n) is 2.87. The molecule has 0 saturated carbocycles. The zero-order valence-electron chi connectivity index (χ0n) is 13.1. The first kappa shape index (κ1) is 15.5. The van der Waals surface area contributed by atoms with Crippen LogP contribution in [-0.2, 0) is 6.42 Å². The molecular weight excluding hydrogens is 244 g/mol. The molecular formula is C18H30N2. The van der Waals surface area contributed by atoms with Gasteiger partial charge < -0.3 is 10.2 Å². The molecule has 0 spiro atoms. The minimum absolute atomic E-state index is 0.752. The van der Waals surface area contributed by atoms with Gasteiger partial charge in [0.25, 0.3) is 0 Å². The van der Waals surface area contributed by atoms with E-state index in [0.29, 0.717) is 0 Å². The molecule has 0 unspecified atom stereocenters. The van der Waals surface area contributed by atoms with Gasteiger partial charge in [-0.25, -0.2) is 0 Å². The van der Waals surface area contributed by atoms with E-state index in [-0.39, 0.29) is 0 Å². The van der Waals surface area contributed by atoms with E-state index < -0.39 is 0 Å². The highest BCUT2D eigenvalue weighted by Crippen LogP contribution is 2.12. The van der Waals surface area contributed by atoms with Gasteiger partial charge in [-0.3, -0.25) is 0 Å². The number of hydrogen-bond acceptors (Lipinski definition) is 2. The Kier molecular flexibility index (Phi) is 6.55. The van der Waals surface area contributed by atoms with Crippen LogP contribution in [0.3, 0.4) is 0 Å². The second-order valence-electron chi connectivity index (χ2n) is 6.49. The van der Waals surface area contributed by atoms with Crippen molar-refractivity contribution < 1.29 is 0 Å². The molecule has 20 heavy (non-hydrogen) atoms. The van der Waals surface area contributed by atoms with Crippen LogP contribution in [0.5, 0.6) is 0 Å². The third-order valence-corrected chi connectivity index (χ3v) is 4.30. The summed E-state index contributed by atoms with van der Waals surface area (Å²) in [6.45, 7) is 9.51. The minimum atomic E-state index is 0.752. The van der Waals surface area contributed by atoms with Crippen molar-refractivity contribution >= 4 is 0 Å². The summed E-state index contributed by atoms with van der Waals surface area (Å²) >= 11 is 0. The molecule has 0 amide bonds. The molecule has 1 N–H and O–H groups in total. The summed E-state index contributed by atoms with van der Waals surface area (Å²) in [6, 6.07) is 11.6. The van der Waals surface area contributed by atoms with E-state index in [1.54, 1.807) is 0 Å². The van der Waals surface area contributed by atoms with Gasteiger partial charge in [-0.15, -0.1) is 0 Å². The first-order valence-corrected chi connectivity index (χ1v) is 8.23. The predicted octanol–water partition coefficient (Wildman–Crippen LogP) is 3.33. The normalized spacial score (nSPS) is 17.8. The lowest BCUT2D eigenvalue weighted by Crippen LogP contribution is -2.43. The predicted molar refractivity (Wildman–Crippen MR) is 87.1 cm³/mol. The summed E-state index contributed by atoms with van der Waals surface area (Å²) in [5.41, 5.74) is 1.46. The molecule has 0 aliphatic carbocycles. The molecule has 2 heteroatoms. The van der Waals surface area contributed by atoms with Crippen molar-refractivity contribution in [2.75, 3.05) is 26.2 Å². The molecule has 1 aliphatic heterocycles. The average molecular weight is 274 g/mol. The third-order valence-electron chi connectivity index (χ3n) is 4.30. The molecule has 1 aromatic carbocycles. The highest BCUT2D eigenvalue weighted by Gasteiger charge is 2.18. The molecule has 0 radical (unpaired) electrons. The maximum Gasteiger partial charge on any atom is 0.00914 e. The summed E-state index contributed by atoms with van der Waals surface area (Å²) in [7, 11) is 0. The largest absolute Gasteiger partial charge is 0.314 e. The molecule has 2 nitrogen and oxygen atoms in total. The van der Waals surface area contributed by atoms with Crippen LogP contribution >= 0.6 is 0 Å². The molecule has 0 atom stereocenters. The van der Waals surface area contributed by atoms with E-state index in [1.165, 1.54) is 57.4 Å². The van der Waals surface area contributed by atoms with Crippen molar-refractivity contribution in [2.45, 2.75) is 45.6 Å². The summed E-state index contributed by atoms with van der Waals surface area (Å²) in [5, 5.41) is 3.72. The van der Waals surface area contributed by atoms with Crippen LogP contribution in [0.1, 0.15) is 38.7 Å². The van der Waals surface area contributed by atoms with Gasteiger partial charge in [0.2, 0.25) is 0 Å². The highest BCUT2D eigenvalue weighted by atomic mass is 15.1. The van der Waals surface area contributed by atoms with Gasteiger partial charge in [0.15, 0.2) is 0 Å². The van der Waals surface area contributed by atoms with Gasteiger partial charge in [-0.2, -0.15) is 0 Å². The lowest BCUT2D eigenvalue weighted by atomic mass is 10.0. The Hall–Kier alpha value is -0.860. The summed E-state index contributed by atoms with van der Waals surface area (Å²) in [5.74, 6) is 0.813. The number of piperidine rings is 1. The number of rotatable bonds is 7. The van der Waals surface area contributed by atoms with Gasteiger partial charge >= 0.3 is 0 Å². The third kappa shape index (κ3) is 5.64. The fourth-order valence-corrected chi connectivity index (χ4v) is 2.87. The monoisotopic (exact) mass is 274 g/mol. The van der Waals surface area contributed by atoms with Crippen LogP contribution in [0.15, 0.2) is 30.3 Å². The Morgan fingerprint density at radius 2 is 1.85 bits per heavy atom. The number of nitrogens with one attached hydrogen (secondary N) is 1. The van der Waals surface area contributed by atoms with Gasteiger partial charge in [-0.1, -0.05) is 44.2 Å². The molecule has 1 aromatic rings. The maximum absolute atomic E-state index is 3.72. The molecule has 0 aromatic heterocycles. The Morgan fingerprint density at radius 3 is 2.50 bits per heavy atom. The van der Waals surface area contributed by atoms with E-state index in [2.05, 4.69) is 54.4 Å². The number of hydrogen-bond donors (Lipinski definition) is 1. The van der Waals surface area contributed by atoms with E-state index in [1.807, 2.05) is 0 Å². The van der Waals surface area contributed by atoms with Crippen LogP contribution in [0.2, 0.25) is 0 Å². The van der Waals surface area contributed by atoms with Crippen LogP contribution in [0.25, 0.3) is 0 Å². The zero-order valence-corrected chi connectivity index (χ0v) is 13.1. The van der Waals surface area contributed by atoms with Gasteiger partial charge in [0.1, 0.15) is 0 Å². The maximum atomic E-state index is 3.72. The van der Waals surface area contributed by atoms with Crippen molar-refractivity contribution in [3.8, 4) is 0 Å². The molecule has 1 fully saturated rings. The van der Waals surface area contributed by atoms with E-state index >= 15 is 0 Å². The molecule has 1 heterocycles. The second kappa shape index (κ2) is 8.43. The lowest BCUT2D eigenvalue weighted by Gasteiger charge is -2.32. The van der Waals surface area contributed by atoms with Crippen molar-refractivity contribution in [3.05, 3.63) is 35.9 Å². The van der Waals surface area contributed by atoms with Crippen LogP contribution < -0.4 is 5.32 Å². The first-order valence-electron chi connectivity index (χ1n) is 8.23. The minimum Gasteiger partial charge on any atom is -0.314 e. The topological polar surface area (TPSA) is 15.3 Å². The van der Waals surface area contributed by atoms with Gasteiger partial charge in [0.05, 0.1) is 0 Å². The van der Waals surface area contributed by atoms with E-state index in [4.69, 9.17) is 0 Å². The zero-order chi connectivity index (χ0) is 14.2. The average Bonchev–Trinajstić information content (AvgIpc) is 2.47. The molecule has 0 bridgehead atoms. The highest BCUT2D eigenvalue weighted by molar-refractivity contribution is 5.14. The Labute approximate surface area is 124 Å². The summed E-state index contributed by atoms with van der Waals surface area (Å²) < 4.78 is 0. The molecule has 1 saturated heterocycles. The number of nitrogens with zero attached hydrogens (tertiary/aromatic N) is 1. The molecule has 2 rings (SSSR count). The first-order chi connectivity index (χ1) is 9.74. The van der Waals surface area contributed by atoms with Crippen molar-refractivity contribution in [2.24, 2.45) is 5.92 Å². The van der Waals surface area contributed by atoms with Crippen molar-refractivity contribution in [3.63, 3.8) is 0 Å². The SMILES string of the molecule is CC(C)CCNC1CCN(CCc2ccccc2)CC1. The van der Waals surface area contributed by atoms with E-state index in [9.17, 15) is 0 Å².